The molecule has 0 amide bonds. The highest BCUT2D eigenvalue weighted by atomic mass is 32.1. The van der Waals surface area contributed by atoms with E-state index in [0.717, 1.165) is 11.1 Å². The van der Waals surface area contributed by atoms with Crippen LogP contribution >= 0.6 is 11.4 Å². The van der Waals surface area contributed by atoms with E-state index in [2.05, 4.69) is 0 Å². The number of hydrogen-bond acceptors (Lipinski definition) is 0. The molecule has 0 aliphatic carbocycles. The summed E-state index contributed by atoms with van der Waals surface area (Å²) in [5.74, 6) is 0. The van der Waals surface area contributed by atoms with Crippen LogP contribution in [0.5, 0.6) is 0 Å². The largest absolute Gasteiger partial charge is 0.436 e. The Morgan fingerprint density at radius 3 is 1.89 bits per heavy atom. The Morgan fingerprint density at radius 1 is 0.842 bits per heavy atom. The van der Waals surface area contributed by atoms with Crippen molar-refractivity contribution in [1.82, 2.24) is 0 Å². The SMILES string of the molecule is OC(=[SH]C(F)(F)F)c1ccc(-c2ccccc2)cc1. The lowest BCUT2D eigenvalue weighted by Crippen LogP contribution is -2.04. The zero-order valence-corrected chi connectivity index (χ0v) is 10.6. The Hall–Kier alpha value is -1.59. The summed E-state index contributed by atoms with van der Waals surface area (Å²) in [6.07, 6.45) is 0. The van der Waals surface area contributed by atoms with Crippen LogP contribution in [-0.2, 0) is 0 Å². The predicted molar refractivity (Wildman–Crippen MR) is 73.7 cm³/mol. The van der Waals surface area contributed by atoms with Gasteiger partial charge in [-0.1, -0.05) is 65.9 Å². The molecule has 1 N–H and O–H groups in total. The molecule has 0 atom stereocenters. The van der Waals surface area contributed by atoms with Crippen molar-refractivity contribution in [2.75, 3.05) is 0 Å². The molecule has 0 heterocycles. The van der Waals surface area contributed by atoms with Crippen molar-refractivity contribution in [3.63, 3.8) is 0 Å². The van der Waals surface area contributed by atoms with Crippen LogP contribution in [0.4, 0.5) is 13.2 Å². The molecule has 1 nitrogen and oxygen atoms in total. The third-order valence-corrected chi connectivity index (χ3v) is 3.21. The zero-order chi connectivity index (χ0) is 13.9. The molecule has 0 aliphatic heterocycles. The van der Waals surface area contributed by atoms with Gasteiger partial charge in [0.2, 0.25) is 0 Å². The molecule has 0 bridgehead atoms. The van der Waals surface area contributed by atoms with E-state index >= 15 is 0 Å². The van der Waals surface area contributed by atoms with Gasteiger partial charge in [-0.25, -0.2) is 0 Å². The van der Waals surface area contributed by atoms with Crippen LogP contribution in [-0.4, -0.2) is 15.7 Å². The number of halogens is 3. The summed E-state index contributed by atoms with van der Waals surface area (Å²) in [5, 5.41) is 8.71. The molecule has 0 spiro atoms. The average molecular weight is 284 g/mol. The lowest BCUT2D eigenvalue weighted by molar-refractivity contribution is -0.0311. The van der Waals surface area contributed by atoms with Crippen LogP contribution in [0.25, 0.3) is 11.1 Å². The number of aliphatic hydroxyl groups excluding tert-OH is 1. The topological polar surface area (TPSA) is 20.2 Å². The molecule has 0 aromatic heterocycles. The Bertz CT molecular complexity index is 574. The summed E-state index contributed by atoms with van der Waals surface area (Å²) in [7, 11) is 0. The minimum atomic E-state index is -4.43. The van der Waals surface area contributed by atoms with E-state index < -0.39 is 21.9 Å². The predicted octanol–water partition coefficient (Wildman–Crippen LogP) is 4.37. The van der Waals surface area contributed by atoms with Crippen LogP contribution in [0.3, 0.4) is 0 Å². The molecule has 5 heteroatoms. The minimum Gasteiger partial charge on any atom is -0.355 e. The number of hydrogen-bond donors (Lipinski definition) is 2. The van der Waals surface area contributed by atoms with Gasteiger partial charge in [0.25, 0.3) is 0 Å². The summed E-state index contributed by atoms with van der Waals surface area (Å²) in [6, 6.07) is 15.8. The summed E-state index contributed by atoms with van der Waals surface area (Å²) in [5.41, 5.74) is -2.39. The van der Waals surface area contributed by atoms with Crippen LogP contribution in [0.15, 0.2) is 54.6 Å². The van der Waals surface area contributed by atoms with E-state index in [1.165, 1.54) is 12.1 Å². The van der Waals surface area contributed by atoms with Gasteiger partial charge >= 0.3 is 5.51 Å². The number of benzene rings is 2. The molecule has 0 saturated carbocycles. The van der Waals surface area contributed by atoms with Crippen molar-refractivity contribution < 1.29 is 18.3 Å². The number of thiol groups is 1. The van der Waals surface area contributed by atoms with Crippen LogP contribution < -0.4 is 0 Å². The first kappa shape index (κ1) is 13.8. The molecule has 2 aromatic rings. The van der Waals surface area contributed by atoms with Crippen molar-refractivity contribution in [2.24, 2.45) is 0 Å². The number of rotatable bonds is 2. The van der Waals surface area contributed by atoms with Gasteiger partial charge in [0.15, 0.2) is 0 Å². The first-order valence-electron chi connectivity index (χ1n) is 5.47. The lowest BCUT2D eigenvalue weighted by atomic mass is 10.0. The van der Waals surface area contributed by atoms with E-state index in [1.54, 1.807) is 12.1 Å². The van der Waals surface area contributed by atoms with Crippen molar-refractivity contribution in [3.8, 4) is 11.1 Å². The fraction of sp³-hybridized carbons (Fsp3) is 0.0714. The summed E-state index contributed by atoms with van der Waals surface area (Å²) < 4.78 is 36.4. The molecule has 2 aromatic carbocycles. The van der Waals surface area contributed by atoms with Crippen molar-refractivity contribution in [1.29, 1.82) is 0 Å². The van der Waals surface area contributed by atoms with E-state index in [-0.39, 0.29) is 5.56 Å². The standard InChI is InChI=1S/C14H11F3OS/c15-14(16,17)19-13(18)12-8-6-11(7-9-12)10-4-2-1-3-5-10/h1-9,18-19H. The Labute approximate surface area is 112 Å². The lowest BCUT2D eigenvalue weighted by Gasteiger charge is -2.06. The van der Waals surface area contributed by atoms with Gasteiger partial charge in [-0.3, -0.25) is 0 Å². The number of aliphatic hydroxyl groups is 1. The van der Waals surface area contributed by atoms with Gasteiger partial charge in [-0.05, 0) is 11.1 Å². The van der Waals surface area contributed by atoms with Gasteiger partial charge in [0, 0.05) is 5.56 Å². The van der Waals surface area contributed by atoms with Crippen molar-refractivity contribution in [3.05, 3.63) is 60.2 Å². The molecular weight excluding hydrogens is 273 g/mol. The Balaban J connectivity index is 2.27. The minimum absolute atomic E-state index is 0.179. The summed E-state index contributed by atoms with van der Waals surface area (Å²) in [4.78, 5) is 0. The highest BCUT2D eigenvalue weighted by Crippen LogP contribution is 2.26. The maximum atomic E-state index is 12.1. The molecule has 2 rings (SSSR count). The third kappa shape index (κ3) is 3.94. The smallest absolute Gasteiger partial charge is 0.355 e. The first-order chi connectivity index (χ1) is 8.96. The van der Waals surface area contributed by atoms with Crippen LogP contribution in [0.2, 0.25) is 0 Å². The molecule has 0 saturated heterocycles. The van der Waals surface area contributed by atoms with Gasteiger partial charge in [-0.15, -0.1) is 0 Å². The van der Waals surface area contributed by atoms with Crippen molar-refractivity contribution in [2.45, 2.75) is 5.51 Å². The highest BCUT2D eigenvalue weighted by Gasteiger charge is 2.24. The quantitative estimate of drug-likeness (QED) is 0.619. The third-order valence-electron chi connectivity index (χ3n) is 2.48. The van der Waals surface area contributed by atoms with Gasteiger partial charge in [-0.2, -0.15) is 13.2 Å². The molecule has 0 aliphatic rings. The molecule has 0 radical (unpaired) electrons. The molecule has 0 unspecified atom stereocenters. The number of alkyl halides is 3. The second kappa shape index (κ2) is 5.59. The average Bonchev–Trinajstić information content (AvgIpc) is 2.38. The Kier molecular flexibility index (Phi) is 4.07. The normalized spacial score (nSPS) is 12.9. The van der Waals surface area contributed by atoms with E-state index in [0.29, 0.717) is 0 Å². The molecule has 100 valence electrons. The Morgan fingerprint density at radius 2 is 1.37 bits per heavy atom. The fourth-order valence-corrected chi connectivity index (χ4v) is 2.15. The second-order valence-electron chi connectivity index (χ2n) is 3.85. The van der Waals surface area contributed by atoms with Crippen LogP contribution in [0.1, 0.15) is 5.56 Å². The highest BCUT2D eigenvalue weighted by molar-refractivity contribution is 7.99. The van der Waals surface area contributed by atoms with E-state index in [1.807, 2.05) is 30.3 Å². The van der Waals surface area contributed by atoms with E-state index in [9.17, 15) is 18.3 Å². The van der Waals surface area contributed by atoms with Gasteiger partial charge in [0.05, 0.1) is 0 Å². The summed E-state index contributed by atoms with van der Waals surface area (Å²) >= 11 is -1.04. The van der Waals surface area contributed by atoms with Gasteiger partial charge < -0.3 is 5.11 Å². The van der Waals surface area contributed by atoms with Gasteiger partial charge in [0.1, 0.15) is 5.05 Å². The van der Waals surface area contributed by atoms with Crippen molar-refractivity contribution >= 4 is 16.4 Å². The molecule has 19 heavy (non-hydrogen) atoms. The fourth-order valence-electron chi connectivity index (χ4n) is 1.63. The monoisotopic (exact) mass is 284 g/mol. The molecular formula is C14H11F3OS. The maximum absolute atomic E-state index is 12.1. The van der Waals surface area contributed by atoms with Crippen LogP contribution in [0, 0.1) is 0 Å². The molecule has 0 fully saturated rings. The maximum Gasteiger partial charge on any atom is 0.436 e. The summed E-state index contributed by atoms with van der Waals surface area (Å²) in [6.45, 7) is 0. The first-order valence-corrected chi connectivity index (χ1v) is 6.36. The zero-order valence-electron chi connectivity index (χ0n) is 9.72. The second-order valence-corrected chi connectivity index (χ2v) is 5.00. The van der Waals surface area contributed by atoms with E-state index in [4.69, 9.17) is 0 Å².